The van der Waals surface area contributed by atoms with Crippen LogP contribution < -0.4 is 10.2 Å². The summed E-state index contributed by atoms with van der Waals surface area (Å²) in [6, 6.07) is 25.7. The molecule has 0 radical (unpaired) electrons. The average molecular weight is 656 g/mol. The fourth-order valence-corrected chi connectivity index (χ4v) is 7.51. The summed E-state index contributed by atoms with van der Waals surface area (Å²) in [7, 11) is 0. The maximum Gasteiger partial charge on any atom is 0.338 e. The number of esters is 1. The molecular weight excluding hydrogens is 632 g/mol. The Hall–Kier alpha value is -4.27. The quantitative estimate of drug-likeness (QED) is 0.193. The van der Waals surface area contributed by atoms with Crippen LogP contribution in [0.1, 0.15) is 50.0 Å². The van der Waals surface area contributed by atoms with Gasteiger partial charge in [0.1, 0.15) is 0 Å². The second-order valence-corrected chi connectivity index (χ2v) is 12.3. The monoisotopic (exact) mass is 654 g/mol. The number of hydrogen-bond donors (Lipinski definition) is 1. The van der Waals surface area contributed by atoms with E-state index >= 15 is 0 Å². The molecule has 3 aliphatic carbocycles. The second-order valence-electron chi connectivity index (χ2n) is 11.0. The number of aryl methyl sites for hydroxylation is 1. The highest BCUT2D eigenvalue weighted by atomic mass is 79.9. The molecule has 214 valence electrons. The van der Waals surface area contributed by atoms with Crippen LogP contribution in [0.3, 0.4) is 0 Å². The molecule has 1 saturated heterocycles. The Morgan fingerprint density at radius 1 is 0.837 bits per heavy atom. The number of anilines is 2. The van der Waals surface area contributed by atoms with E-state index in [2.05, 4.69) is 45.5 Å². The third-order valence-corrected chi connectivity index (χ3v) is 9.86. The number of amides is 3. The molecule has 1 N–H and O–H groups in total. The van der Waals surface area contributed by atoms with Crippen LogP contribution in [0.25, 0.3) is 0 Å². The summed E-state index contributed by atoms with van der Waals surface area (Å²) in [5, 5.41) is 3.12. The Morgan fingerprint density at radius 2 is 1.40 bits per heavy atom. The van der Waals surface area contributed by atoms with E-state index in [1.165, 1.54) is 17.0 Å². The SMILES string of the molecule is Cc1cc(Br)c(Cl)cc1NC(=O)COC(=O)c1cccc(N2C(=O)[C@H]3C4c5ccccc5C(c5ccccc54)[C@@H]3C2=O)c1. The first-order valence-corrected chi connectivity index (χ1v) is 15.0. The maximum atomic E-state index is 14.0. The Bertz CT molecular complexity index is 1760. The first-order chi connectivity index (χ1) is 20.7. The predicted octanol–water partition coefficient (Wildman–Crippen LogP) is 6.60. The van der Waals surface area contributed by atoms with Gasteiger partial charge in [-0.3, -0.25) is 14.4 Å². The highest BCUT2D eigenvalue weighted by molar-refractivity contribution is 9.10. The Morgan fingerprint density at radius 3 is 1.95 bits per heavy atom. The molecule has 9 heteroatoms. The number of nitrogens with one attached hydrogen (secondary N) is 1. The molecular formula is C34H24BrClN2O5. The number of imide groups is 1. The van der Waals surface area contributed by atoms with Crippen molar-refractivity contribution in [2.24, 2.45) is 11.8 Å². The van der Waals surface area contributed by atoms with E-state index in [1.807, 2.05) is 31.2 Å². The molecule has 4 aromatic carbocycles. The van der Waals surface area contributed by atoms with Gasteiger partial charge in [0.15, 0.2) is 6.61 Å². The van der Waals surface area contributed by atoms with Crippen molar-refractivity contribution in [2.75, 3.05) is 16.8 Å². The van der Waals surface area contributed by atoms with Gasteiger partial charge in [0, 0.05) is 22.0 Å². The number of benzene rings is 4. The highest BCUT2D eigenvalue weighted by Gasteiger charge is 2.61. The van der Waals surface area contributed by atoms with E-state index in [4.69, 9.17) is 16.3 Å². The molecule has 2 bridgehead atoms. The Kier molecular flexibility index (Phi) is 6.71. The predicted molar refractivity (Wildman–Crippen MR) is 165 cm³/mol. The molecule has 7 nitrogen and oxygen atoms in total. The molecule has 1 heterocycles. The third-order valence-electron chi connectivity index (χ3n) is 8.66. The van der Waals surface area contributed by atoms with Gasteiger partial charge in [0.25, 0.3) is 5.91 Å². The first-order valence-electron chi connectivity index (χ1n) is 13.8. The topological polar surface area (TPSA) is 92.8 Å². The molecule has 8 rings (SSSR count). The molecule has 0 unspecified atom stereocenters. The molecule has 0 aromatic heterocycles. The van der Waals surface area contributed by atoms with Crippen LogP contribution >= 0.6 is 27.5 Å². The van der Waals surface area contributed by atoms with E-state index in [1.54, 1.807) is 24.3 Å². The second kappa shape index (κ2) is 10.5. The number of halogens is 2. The number of ether oxygens (including phenoxy) is 1. The van der Waals surface area contributed by atoms with Gasteiger partial charge in [-0.1, -0.05) is 66.2 Å². The van der Waals surface area contributed by atoms with E-state index in [0.29, 0.717) is 20.9 Å². The molecule has 0 spiro atoms. The van der Waals surface area contributed by atoms with Gasteiger partial charge >= 0.3 is 5.97 Å². The zero-order valence-electron chi connectivity index (χ0n) is 22.8. The molecule has 0 saturated carbocycles. The minimum Gasteiger partial charge on any atom is -0.452 e. The van der Waals surface area contributed by atoms with Crippen LogP contribution in [0.5, 0.6) is 0 Å². The standard InChI is InChI=1S/C34H24BrClN2O5/c1-17-13-24(35)25(36)15-26(17)37-27(39)16-43-34(42)18-7-6-8-19(14-18)38-32(40)30-28-20-9-2-3-10-21(20)29(31(30)33(38)41)23-12-5-4-11-22(23)28/h2-15,28-31H,16H2,1H3,(H,37,39)/t28?,29?,30-,31-/m0/s1. The van der Waals surface area contributed by atoms with Crippen molar-refractivity contribution in [3.63, 3.8) is 0 Å². The maximum absolute atomic E-state index is 14.0. The van der Waals surface area contributed by atoms with Crippen molar-refractivity contribution < 1.29 is 23.9 Å². The van der Waals surface area contributed by atoms with Crippen molar-refractivity contribution in [3.05, 3.63) is 128 Å². The summed E-state index contributed by atoms with van der Waals surface area (Å²) >= 11 is 9.48. The summed E-state index contributed by atoms with van der Waals surface area (Å²) in [6.07, 6.45) is 0. The van der Waals surface area contributed by atoms with E-state index in [0.717, 1.165) is 27.8 Å². The minimum absolute atomic E-state index is 0.123. The fourth-order valence-electron chi connectivity index (χ4n) is 6.89. The van der Waals surface area contributed by atoms with Gasteiger partial charge < -0.3 is 10.1 Å². The summed E-state index contributed by atoms with van der Waals surface area (Å²) in [5.74, 6) is -3.34. The van der Waals surface area contributed by atoms with E-state index in [9.17, 15) is 19.2 Å². The number of carbonyl (C=O) groups excluding carboxylic acids is 4. The van der Waals surface area contributed by atoms with Crippen LogP contribution in [0.15, 0.2) is 89.4 Å². The van der Waals surface area contributed by atoms with Gasteiger partial charge in [0.2, 0.25) is 11.8 Å². The summed E-state index contributed by atoms with van der Waals surface area (Å²) in [4.78, 5) is 54.7. The van der Waals surface area contributed by atoms with Gasteiger partial charge in [0.05, 0.1) is 28.1 Å². The van der Waals surface area contributed by atoms with Gasteiger partial charge in [-0.05, 0) is 81.0 Å². The zero-order valence-corrected chi connectivity index (χ0v) is 25.2. The summed E-state index contributed by atoms with van der Waals surface area (Å²) in [5.41, 5.74) is 6.07. The minimum atomic E-state index is -0.751. The average Bonchev–Trinajstić information content (AvgIpc) is 3.28. The zero-order chi connectivity index (χ0) is 30.0. The van der Waals surface area contributed by atoms with Crippen LogP contribution in [0, 0.1) is 18.8 Å². The molecule has 4 aliphatic rings. The lowest BCUT2D eigenvalue weighted by Gasteiger charge is -2.45. The molecule has 3 amide bonds. The first kappa shape index (κ1) is 27.6. The molecule has 43 heavy (non-hydrogen) atoms. The third kappa shape index (κ3) is 4.39. The van der Waals surface area contributed by atoms with Crippen LogP contribution in [-0.2, 0) is 19.1 Å². The fraction of sp³-hybridized carbons (Fsp3) is 0.176. The number of rotatable bonds is 5. The van der Waals surface area contributed by atoms with Crippen molar-refractivity contribution in [1.82, 2.24) is 0 Å². The van der Waals surface area contributed by atoms with Crippen LogP contribution in [-0.4, -0.2) is 30.3 Å². The lowest BCUT2D eigenvalue weighted by atomic mass is 9.55. The van der Waals surface area contributed by atoms with Crippen LogP contribution in [0.4, 0.5) is 11.4 Å². The number of hydrogen-bond acceptors (Lipinski definition) is 5. The molecule has 1 fully saturated rings. The van der Waals surface area contributed by atoms with Gasteiger partial charge in [-0.25, -0.2) is 9.69 Å². The molecule has 4 aromatic rings. The summed E-state index contributed by atoms with van der Waals surface area (Å²) in [6.45, 7) is 1.29. The lowest BCUT2D eigenvalue weighted by Crippen LogP contribution is -2.41. The van der Waals surface area contributed by atoms with E-state index in [-0.39, 0.29) is 29.2 Å². The number of carbonyl (C=O) groups is 4. The van der Waals surface area contributed by atoms with Gasteiger partial charge in [-0.2, -0.15) is 0 Å². The lowest BCUT2D eigenvalue weighted by molar-refractivity contribution is -0.122. The highest BCUT2D eigenvalue weighted by Crippen LogP contribution is 2.61. The van der Waals surface area contributed by atoms with Crippen LogP contribution in [0.2, 0.25) is 5.02 Å². The smallest absolute Gasteiger partial charge is 0.338 e. The van der Waals surface area contributed by atoms with Crippen molar-refractivity contribution >= 4 is 62.6 Å². The normalized spacial score (nSPS) is 21.2. The van der Waals surface area contributed by atoms with Crippen molar-refractivity contribution in [3.8, 4) is 0 Å². The van der Waals surface area contributed by atoms with Crippen molar-refractivity contribution in [2.45, 2.75) is 18.8 Å². The molecule has 2 atom stereocenters. The van der Waals surface area contributed by atoms with E-state index < -0.39 is 30.3 Å². The Balaban J connectivity index is 1.12. The Labute approximate surface area is 260 Å². The van der Waals surface area contributed by atoms with Gasteiger partial charge in [-0.15, -0.1) is 0 Å². The molecule has 1 aliphatic heterocycles. The summed E-state index contributed by atoms with van der Waals surface area (Å²) < 4.78 is 5.97. The largest absolute Gasteiger partial charge is 0.452 e. The number of nitrogens with zero attached hydrogens (tertiary/aromatic N) is 1. The van der Waals surface area contributed by atoms with Crippen molar-refractivity contribution in [1.29, 1.82) is 0 Å².